The molecule has 2 N–H and O–H groups in total. The summed E-state index contributed by atoms with van der Waals surface area (Å²) >= 11 is 3.27. The molecule has 0 aliphatic rings. The average Bonchev–Trinajstić information content (AvgIpc) is 2.31. The van der Waals surface area contributed by atoms with Crippen LogP contribution in [0.15, 0.2) is 51.8 Å². The normalized spacial score (nSPS) is 11.5. The molecule has 0 bridgehead atoms. The first kappa shape index (κ1) is 14.1. The van der Waals surface area contributed by atoms with E-state index in [1.807, 2.05) is 25.1 Å². The number of sulfone groups is 1. The van der Waals surface area contributed by atoms with E-state index >= 15 is 0 Å². The zero-order chi connectivity index (χ0) is 14.0. The van der Waals surface area contributed by atoms with Gasteiger partial charge < -0.3 is 5.73 Å². The molecule has 0 saturated carbocycles. The van der Waals surface area contributed by atoms with Gasteiger partial charge >= 0.3 is 0 Å². The highest BCUT2D eigenvalue weighted by molar-refractivity contribution is 9.10. The maximum absolute atomic E-state index is 12.4. The molecule has 0 radical (unpaired) electrons. The van der Waals surface area contributed by atoms with E-state index in [4.69, 9.17) is 5.73 Å². The van der Waals surface area contributed by atoms with Crippen LogP contribution in [0, 0.1) is 6.92 Å². The fraction of sp³-hybridized carbons (Fsp3) is 0.143. The second kappa shape index (κ2) is 5.35. The number of nitrogens with two attached hydrogens (primary N) is 1. The molecule has 2 aromatic rings. The molecule has 0 unspecified atom stereocenters. The Balaban J connectivity index is 2.40. The Morgan fingerprint density at radius 2 is 1.89 bits per heavy atom. The van der Waals surface area contributed by atoms with E-state index in [0.717, 1.165) is 11.1 Å². The zero-order valence-corrected chi connectivity index (χ0v) is 12.8. The first-order valence-corrected chi connectivity index (χ1v) is 8.16. The summed E-state index contributed by atoms with van der Waals surface area (Å²) in [6, 6.07) is 12.3. The van der Waals surface area contributed by atoms with Crippen molar-refractivity contribution in [2.24, 2.45) is 0 Å². The van der Waals surface area contributed by atoms with E-state index in [9.17, 15) is 8.42 Å². The number of halogens is 1. The Kier molecular flexibility index (Phi) is 3.96. The number of rotatable bonds is 3. The van der Waals surface area contributed by atoms with Crippen molar-refractivity contribution in [2.75, 3.05) is 5.73 Å². The number of hydrogen-bond acceptors (Lipinski definition) is 3. The zero-order valence-electron chi connectivity index (χ0n) is 10.4. The molecule has 0 fully saturated rings. The third-order valence-electron chi connectivity index (χ3n) is 2.75. The molecule has 0 heterocycles. The summed E-state index contributed by atoms with van der Waals surface area (Å²) in [5.41, 5.74) is 7.83. The minimum Gasteiger partial charge on any atom is -0.398 e. The Morgan fingerprint density at radius 1 is 1.16 bits per heavy atom. The molecule has 0 aliphatic heterocycles. The van der Waals surface area contributed by atoms with Crippen molar-refractivity contribution < 1.29 is 8.42 Å². The van der Waals surface area contributed by atoms with Crippen LogP contribution in [-0.2, 0) is 15.6 Å². The SMILES string of the molecule is Cc1cccc(CS(=O)(=O)c2cc(Br)ccc2N)c1. The summed E-state index contributed by atoms with van der Waals surface area (Å²) in [5, 5.41) is 0. The highest BCUT2D eigenvalue weighted by Crippen LogP contribution is 2.26. The first-order chi connectivity index (χ1) is 8.88. The number of nitrogen functional groups attached to an aromatic ring is 1. The molecule has 19 heavy (non-hydrogen) atoms. The summed E-state index contributed by atoms with van der Waals surface area (Å²) in [6.45, 7) is 1.93. The molecule has 0 aliphatic carbocycles. The second-order valence-corrected chi connectivity index (χ2v) is 7.30. The fourth-order valence-electron chi connectivity index (χ4n) is 1.88. The number of anilines is 1. The molecule has 0 spiro atoms. The summed E-state index contributed by atoms with van der Waals surface area (Å²) in [4.78, 5) is 0.170. The maximum atomic E-state index is 12.4. The third kappa shape index (κ3) is 3.36. The molecule has 0 atom stereocenters. The van der Waals surface area contributed by atoms with E-state index in [-0.39, 0.29) is 16.3 Å². The van der Waals surface area contributed by atoms with E-state index in [2.05, 4.69) is 15.9 Å². The fourth-order valence-corrected chi connectivity index (χ4v) is 3.90. The minimum atomic E-state index is -3.44. The van der Waals surface area contributed by atoms with Crippen molar-refractivity contribution >= 4 is 31.5 Å². The van der Waals surface area contributed by atoms with Gasteiger partial charge in [0.2, 0.25) is 0 Å². The lowest BCUT2D eigenvalue weighted by Gasteiger charge is -2.08. The van der Waals surface area contributed by atoms with Gasteiger partial charge in [-0.25, -0.2) is 8.42 Å². The molecular weight excluding hydrogens is 326 g/mol. The van der Waals surface area contributed by atoms with Crippen molar-refractivity contribution in [3.63, 3.8) is 0 Å². The molecule has 2 rings (SSSR count). The Bertz CT molecular complexity index is 711. The summed E-state index contributed by atoms with van der Waals surface area (Å²) in [7, 11) is -3.44. The second-order valence-electron chi connectivity index (χ2n) is 4.43. The van der Waals surface area contributed by atoms with Crippen LogP contribution in [-0.4, -0.2) is 8.42 Å². The highest BCUT2D eigenvalue weighted by Gasteiger charge is 2.18. The van der Waals surface area contributed by atoms with Gasteiger partial charge in [0.1, 0.15) is 0 Å². The Labute approximate surface area is 121 Å². The van der Waals surface area contributed by atoms with E-state index in [0.29, 0.717) is 4.47 Å². The van der Waals surface area contributed by atoms with Crippen molar-refractivity contribution in [3.05, 3.63) is 58.1 Å². The van der Waals surface area contributed by atoms with Crippen LogP contribution in [0.4, 0.5) is 5.69 Å². The van der Waals surface area contributed by atoms with Crippen molar-refractivity contribution in [3.8, 4) is 0 Å². The Morgan fingerprint density at radius 3 is 2.58 bits per heavy atom. The molecule has 2 aromatic carbocycles. The van der Waals surface area contributed by atoms with E-state index in [1.54, 1.807) is 24.3 Å². The molecule has 0 amide bonds. The van der Waals surface area contributed by atoms with Gasteiger partial charge in [-0.1, -0.05) is 45.8 Å². The Hall–Kier alpha value is -1.33. The smallest absolute Gasteiger partial charge is 0.184 e. The lowest BCUT2D eigenvalue weighted by atomic mass is 10.2. The summed E-state index contributed by atoms with van der Waals surface area (Å²) in [6.07, 6.45) is 0. The average molecular weight is 340 g/mol. The van der Waals surface area contributed by atoms with Gasteiger partial charge in [-0.05, 0) is 30.7 Å². The van der Waals surface area contributed by atoms with E-state index < -0.39 is 9.84 Å². The van der Waals surface area contributed by atoms with Gasteiger partial charge in [-0.15, -0.1) is 0 Å². The van der Waals surface area contributed by atoms with Gasteiger partial charge in [-0.3, -0.25) is 0 Å². The van der Waals surface area contributed by atoms with Crippen molar-refractivity contribution in [2.45, 2.75) is 17.6 Å². The van der Waals surface area contributed by atoms with Crippen LogP contribution in [0.25, 0.3) is 0 Å². The first-order valence-electron chi connectivity index (χ1n) is 5.72. The molecule has 0 aromatic heterocycles. The van der Waals surface area contributed by atoms with Crippen LogP contribution in [0.5, 0.6) is 0 Å². The van der Waals surface area contributed by atoms with Crippen LogP contribution in [0.3, 0.4) is 0 Å². The molecule has 5 heteroatoms. The number of hydrogen-bond donors (Lipinski definition) is 1. The molecule has 3 nitrogen and oxygen atoms in total. The monoisotopic (exact) mass is 339 g/mol. The highest BCUT2D eigenvalue weighted by atomic mass is 79.9. The predicted molar refractivity (Wildman–Crippen MR) is 80.6 cm³/mol. The summed E-state index contributed by atoms with van der Waals surface area (Å²) < 4.78 is 25.5. The topological polar surface area (TPSA) is 60.2 Å². The maximum Gasteiger partial charge on any atom is 0.184 e. The van der Waals surface area contributed by atoms with Crippen LogP contribution >= 0.6 is 15.9 Å². The predicted octanol–water partition coefficient (Wildman–Crippen LogP) is 3.31. The third-order valence-corrected chi connectivity index (χ3v) is 4.98. The number of benzene rings is 2. The standard InChI is InChI=1S/C14H14BrNO2S/c1-10-3-2-4-11(7-10)9-19(17,18)14-8-12(15)5-6-13(14)16/h2-8H,9,16H2,1H3. The van der Waals surface area contributed by atoms with Gasteiger partial charge in [0.25, 0.3) is 0 Å². The van der Waals surface area contributed by atoms with Crippen LogP contribution < -0.4 is 5.73 Å². The number of aryl methyl sites for hydroxylation is 1. The van der Waals surface area contributed by atoms with Gasteiger partial charge in [0.15, 0.2) is 9.84 Å². The quantitative estimate of drug-likeness (QED) is 0.872. The van der Waals surface area contributed by atoms with Crippen molar-refractivity contribution in [1.82, 2.24) is 0 Å². The lowest BCUT2D eigenvalue weighted by Crippen LogP contribution is -2.08. The minimum absolute atomic E-state index is 0.0463. The largest absolute Gasteiger partial charge is 0.398 e. The summed E-state index contributed by atoms with van der Waals surface area (Å²) in [5.74, 6) is -0.0463. The molecule has 100 valence electrons. The van der Waals surface area contributed by atoms with Gasteiger partial charge in [0.05, 0.1) is 16.3 Å². The van der Waals surface area contributed by atoms with Gasteiger partial charge in [-0.2, -0.15) is 0 Å². The van der Waals surface area contributed by atoms with E-state index in [1.165, 1.54) is 0 Å². The molecule has 0 saturated heterocycles. The lowest BCUT2D eigenvalue weighted by molar-refractivity contribution is 0.595. The van der Waals surface area contributed by atoms with Crippen LogP contribution in [0.2, 0.25) is 0 Å². The van der Waals surface area contributed by atoms with Crippen molar-refractivity contribution in [1.29, 1.82) is 0 Å². The molecular formula is C14H14BrNO2S. The van der Waals surface area contributed by atoms with Crippen LogP contribution in [0.1, 0.15) is 11.1 Å². The van der Waals surface area contributed by atoms with Gasteiger partial charge in [0, 0.05) is 4.47 Å².